The number of anilines is 1. The second-order valence-corrected chi connectivity index (χ2v) is 6.17. The number of hydrogen-bond donors (Lipinski definition) is 1. The zero-order chi connectivity index (χ0) is 15.4. The Morgan fingerprint density at radius 2 is 2.00 bits per heavy atom. The lowest BCUT2D eigenvalue weighted by Gasteiger charge is -2.32. The predicted octanol–water partition coefficient (Wildman–Crippen LogP) is 1.14. The summed E-state index contributed by atoms with van der Waals surface area (Å²) in [5.74, 6) is 0. The molecule has 0 atom stereocenters. The van der Waals surface area contributed by atoms with E-state index < -0.39 is 0 Å². The first-order chi connectivity index (χ1) is 9.99. The summed E-state index contributed by atoms with van der Waals surface area (Å²) >= 11 is 6.13. The van der Waals surface area contributed by atoms with Crippen LogP contribution in [0.3, 0.4) is 0 Å². The molecule has 1 aliphatic heterocycles. The Bertz CT molecular complexity index is 523. The first-order valence-corrected chi connectivity index (χ1v) is 7.79. The maximum Gasteiger partial charge on any atom is 0.287 e. The van der Waals surface area contributed by atoms with Gasteiger partial charge in [-0.05, 0) is 20.9 Å². The molecule has 1 aliphatic rings. The van der Waals surface area contributed by atoms with Gasteiger partial charge in [0.2, 0.25) is 0 Å². The third-order valence-corrected chi connectivity index (χ3v) is 4.14. The summed E-state index contributed by atoms with van der Waals surface area (Å²) in [5, 5.41) is 7.59. The molecule has 2 heterocycles. The van der Waals surface area contributed by atoms with Crippen LogP contribution in [0.2, 0.25) is 5.02 Å². The molecule has 0 unspecified atom stereocenters. The Hall–Kier alpha value is -1.11. The number of hydrogen-bond acceptors (Lipinski definition) is 5. The van der Waals surface area contributed by atoms with E-state index in [0.29, 0.717) is 5.69 Å². The summed E-state index contributed by atoms with van der Waals surface area (Å²) in [6, 6.07) is 0.00869. The lowest BCUT2D eigenvalue weighted by molar-refractivity contribution is 0.158. The molecule has 0 amide bonds. The standard InChI is InChI=1S/C14H24ClN5O/c1-11(2)20-14(21)13(15)12(10-17-20)16-4-5-19-8-6-18(3)7-9-19/h10-11,16H,4-9H2,1-3H3. The molecule has 1 aromatic heterocycles. The molecule has 0 saturated carbocycles. The summed E-state index contributed by atoms with van der Waals surface area (Å²) < 4.78 is 1.40. The highest BCUT2D eigenvalue weighted by Crippen LogP contribution is 2.16. The number of likely N-dealkylation sites (N-methyl/N-ethyl adjacent to an activating group) is 1. The molecule has 0 radical (unpaired) electrons. The van der Waals surface area contributed by atoms with Crippen molar-refractivity contribution in [2.24, 2.45) is 0 Å². The minimum absolute atomic E-state index is 0.00869. The van der Waals surface area contributed by atoms with E-state index in [1.165, 1.54) is 4.68 Å². The van der Waals surface area contributed by atoms with Crippen molar-refractivity contribution in [2.75, 3.05) is 51.6 Å². The van der Waals surface area contributed by atoms with E-state index in [0.717, 1.165) is 39.3 Å². The van der Waals surface area contributed by atoms with E-state index in [-0.39, 0.29) is 16.6 Å². The van der Waals surface area contributed by atoms with Crippen LogP contribution in [0.4, 0.5) is 5.69 Å². The Balaban J connectivity index is 1.89. The molecule has 1 fully saturated rings. The fourth-order valence-corrected chi connectivity index (χ4v) is 2.56. The second kappa shape index (κ2) is 7.24. The molecule has 21 heavy (non-hydrogen) atoms. The molecular formula is C14H24ClN5O. The SMILES string of the molecule is CC(C)n1ncc(NCCN2CCN(C)CC2)c(Cl)c1=O. The van der Waals surface area contributed by atoms with Gasteiger partial charge in [0.15, 0.2) is 0 Å². The maximum absolute atomic E-state index is 12.0. The Morgan fingerprint density at radius 3 is 2.62 bits per heavy atom. The number of nitrogens with zero attached hydrogens (tertiary/aromatic N) is 4. The highest BCUT2D eigenvalue weighted by Gasteiger charge is 2.14. The number of aromatic nitrogens is 2. The van der Waals surface area contributed by atoms with Crippen LogP contribution in [-0.4, -0.2) is 65.9 Å². The monoisotopic (exact) mass is 313 g/mol. The fraction of sp³-hybridized carbons (Fsp3) is 0.714. The van der Waals surface area contributed by atoms with Crippen LogP contribution in [0, 0.1) is 0 Å². The number of piperazine rings is 1. The number of nitrogens with one attached hydrogen (secondary N) is 1. The minimum Gasteiger partial charge on any atom is -0.381 e. The van der Waals surface area contributed by atoms with Crippen molar-refractivity contribution in [2.45, 2.75) is 19.9 Å². The van der Waals surface area contributed by atoms with E-state index >= 15 is 0 Å². The normalized spacial score (nSPS) is 17.4. The summed E-state index contributed by atoms with van der Waals surface area (Å²) in [6.07, 6.45) is 1.63. The molecule has 0 spiro atoms. The topological polar surface area (TPSA) is 53.4 Å². The van der Waals surface area contributed by atoms with Gasteiger partial charge in [0, 0.05) is 39.3 Å². The third-order valence-electron chi connectivity index (χ3n) is 3.77. The third kappa shape index (κ3) is 4.18. The number of rotatable bonds is 5. The van der Waals surface area contributed by atoms with Gasteiger partial charge in [-0.15, -0.1) is 0 Å². The summed E-state index contributed by atoms with van der Waals surface area (Å²) in [6.45, 7) is 9.89. The molecule has 0 aliphatic carbocycles. The molecule has 7 heteroatoms. The van der Waals surface area contributed by atoms with Gasteiger partial charge >= 0.3 is 0 Å². The van der Waals surface area contributed by atoms with Crippen molar-refractivity contribution in [1.82, 2.24) is 19.6 Å². The first-order valence-electron chi connectivity index (χ1n) is 7.41. The van der Waals surface area contributed by atoms with Crippen LogP contribution in [0.15, 0.2) is 11.0 Å². The van der Waals surface area contributed by atoms with Crippen molar-refractivity contribution in [1.29, 1.82) is 0 Å². The zero-order valence-corrected chi connectivity index (χ0v) is 13.7. The molecule has 6 nitrogen and oxygen atoms in total. The largest absolute Gasteiger partial charge is 0.381 e. The second-order valence-electron chi connectivity index (χ2n) is 5.79. The minimum atomic E-state index is -0.240. The van der Waals surface area contributed by atoms with Crippen molar-refractivity contribution in [3.63, 3.8) is 0 Å². The molecule has 2 rings (SSSR count). The molecular weight excluding hydrogens is 290 g/mol. The van der Waals surface area contributed by atoms with Gasteiger partial charge < -0.3 is 10.2 Å². The Labute approximate surface area is 130 Å². The molecule has 0 bridgehead atoms. The van der Waals surface area contributed by atoms with Crippen molar-refractivity contribution in [3.05, 3.63) is 21.6 Å². The quantitative estimate of drug-likeness (QED) is 0.883. The predicted molar refractivity (Wildman–Crippen MR) is 86.3 cm³/mol. The van der Waals surface area contributed by atoms with Gasteiger partial charge in [-0.1, -0.05) is 11.6 Å². The van der Waals surface area contributed by atoms with Crippen molar-refractivity contribution < 1.29 is 0 Å². The van der Waals surface area contributed by atoms with E-state index in [1.54, 1.807) is 6.20 Å². The van der Waals surface area contributed by atoms with Gasteiger partial charge in [-0.3, -0.25) is 9.69 Å². The van der Waals surface area contributed by atoms with E-state index in [4.69, 9.17) is 11.6 Å². The summed E-state index contributed by atoms with van der Waals surface area (Å²) in [7, 11) is 2.14. The Kier molecular flexibility index (Phi) is 5.61. The van der Waals surface area contributed by atoms with Crippen molar-refractivity contribution >= 4 is 17.3 Å². The average molecular weight is 314 g/mol. The lowest BCUT2D eigenvalue weighted by Crippen LogP contribution is -2.45. The molecule has 1 aromatic rings. The average Bonchev–Trinajstić information content (AvgIpc) is 2.45. The van der Waals surface area contributed by atoms with Crippen LogP contribution in [0.1, 0.15) is 19.9 Å². The van der Waals surface area contributed by atoms with E-state index in [1.807, 2.05) is 13.8 Å². The van der Waals surface area contributed by atoms with Crippen LogP contribution < -0.4 is 10.9 Å². The smallest absolute Gasteiger partial charge is 0.287 e. The summed E-state index contributed by atoms with van der Waals surface area (Å²) in [5.41, 5.74) is 0.379. The Morgan fingerprint density at radius 1 is 1.33 bits per heavy atom. The first kappa shape index (κ1) is 16.3. The molecule has 0 aromatic carbocycles. The maximum atomic E-state index is 12.0. The fourth-order valence-electron chi connectivity index (χ4n) is 2.36. The van der Waals surface area contributed by atoms with Crippen LogP contribution >= 0.6 is 11.6 Å². The highest BCUT2D eigenvalue weighted by atomic mass is 35.5. The number of halogens is 1. The molecule has 118 valence electrons. The van der Waals surface area contributed by atoms with Crippen LogP contribution in [-0.2, 0) is 0 Å². The van der Waals surface area contributed by atoms with Gasteiger partial charge in [-0.2, -0.15) is 5.10 Å². The van der Waals surface area contributed by atoms with Gasteiger partial charge in [0.1, 0.15) is 5.02 Å². The van der Waals surface area contributed by atoms with Crippen LogP contribution in [0.5, 0.6) is 0 Å². The highest BCUT2D eigenvalue weighted by molar-refractivity contribution is 6.32. The zero-order valence-electron chi connectivity index (χ0n) is 13.0. The summed E-state index contributed by atoms with van der Waals surface area (Å²) in [4.78, 5) is 16.8. The van der Waals surface area contributed by atoms with Crippen molar-refractivity contribution in [3.8, 4) is 0 Å². The van der Waals surface area contributed by atoms with E-state index in [9.17, 15) is 4.79 Å². The molecule has 1 N–H and O–H groups in total. The van der Waals surface area contributed by atoms with Crippen LogP contribution in [0.25, 0.3) is 0 Å². The van der Waals surface area contributed by atoms with Gasteiger partial charge in [-0.25, -0.2) is 4.68 Å². The van der Waals surface area contributed by atoms with Gasteiger partial charge in [0.05, 0.1) is 17.9 Å². The lowest BCUT2D eigenvalue weighted by atomic mass is 10.3. The van der Waals surface area contributed by atoms with E-state index in [2.05, 4.69) is 27.3 Å². The van der Waals surface area contributed by atoms with Gasteiger partial charge in [0.25, 0.3) is 5.56 Å². The molecule has 1 saturated heterocycles.